The number of thiophene rings is 1. The van der Waals surface area contributed by atoms with Crippen molar-refractivity contribution in [2.75, 3.05) is 0 Å². The third kappa shape index (κ3) is 5.32. The summed E-state index contributed by atoms with van der Waals surface area (Å²) in [6.07, 6.45) is 9.32. The van der Waals surface area contributed by atoms with E-state index in [1.54, 1.807) is 35.5 Å². The number of hydrogen-bond donors (Lipinski definition) is 1. The molecule has 0 unspecified atom stereocenters. The highest BCUT2D eigenvalue weighted by Gasteiger charge is 2.23. The molecular weight excluding hydrogens is 326 g/mol. The van der Waals surface area contributed by atoms with Crippen LogP contribution in [0, 0.1) is 0 Å². The Balaban J connectivity index is 1.36. The quantitative estimate of drug-likeness (QED) is 0.810. The van der Waals surface area contributed by atoms with E-state index in [2.05, 4.69) is 32.1 Å². The Morgan fingerprint density at radius 3 is 2.74 bits per heavy atom. The fourth-order valence-corrected chi connectivity index (χ4v) is 4.57. The first-order valence-corrected chi connectivity index (χ1v) is 9.86. The summed E-state index contributed by atoms with van der Waals surface area (Å²) in [5.74, 6) is 0.179. The van der Waals surface area contributed by atoms with Gasteiger partial charge in [0, 0.05) is 30.1 Å². The molecule has 23 heavy (non-hydrogen) atoms. The molecule has 1 aliphatic carbocycles. The lowest BCUT2D eigenvalue weighted by Gasteiger charge is -2.28. The number of thioether (sulfide) groups is 1. The van der Waals surface area contributed by atoms with Crippen molar-refractivity contribution in [1.82, 2.24) is 15.3 Å². The highest BCUT2D eigenvalue weighted by atomic mass is 32.2. The number of rotatable bonds is 6. The van der Waals surface area contributed by atoms with Gasteiger partial charge in [-0.05, 0) is 60.6 Å². The van der Waals surface area contributed by atoms with E-state index in [0.717, 1.165) is 37.3 Å². The van der Waals surface area contributed by atoms with Crippen molar-refractivity contribution < 1.29 is 4.79 Å². The second-order valence-corrected chi connectivity index (χ2v) is 7.87. The van der Waals surface area contributed by atoms with Crippen LogP contribution < -0.4 is 5.32 Å². The van der Waals surface area contributed by atoms with E-state index in [-0.39, 0.29) is 5.91 Å². The highest BCUT2D eigenvalue weighted by molar-refractivity contribution is 7.99. The first-order chi connectivity index (χ1) is 11.3. The minimum absolute atomic E-state index is 0.179. The number of aromatic nitrogens is 2. The lowest BCUT2D eigenvalue weighted by molar-refractivity contribution is -0.121. The summed E-state index contributed by atoms with van der Waals surface area (Å²) in [7, 11) is 0. The van der Waals surface area contributed by atoms with E-state index in [9.17, 15) is 4.79 Å². The lowest BCUT2D eigenvalue weighted by Crippen LogP contribution is -2.38. The summed E-state index contributed by atoms with van der Waals surface area (Å²) in [4.78, 5) is 20.6. The maximum absolute atomic E-state index is 12.0. The molecule has 2 heterocycles. The van der Waals surface area contributed by atoms with Crippen LogP contribution in [0.4, 0.5) is 0 Å². The van der Waals surface area contributed by atoms with Gasteiger partial charge in [0.2, 0.25) is 5.91 Å². The SMILES string of the molecule is O=C(CCc1ccsc1)NC1CCC(Sc2ncccn2)CC1. The molecule has 2 aromatic heterocycles. The first kappa shape index (κ1) is 16.5. The number of amides is 1. The summed E-state index contributed by atoms with van der Waals surface area (Å²) in [6, 6.07) is 4.26. The molecule has 0 bridgehead atoms. The zero-order valence-corrected chi connectivity index (χ0v) is 14.6. The summed E-state index contributed by atoms with van der Waals surface area (Å²) in [5.41, 5.74) is 1.26. The molecule has 1 N–H and O–H groups in total. The smallest absolute Gasteiger partial charge is 0.220 e. The highest BCUT2D eigenvalue weighted by Crippen LogP contribution is 2.31. The number of carbonyl (C=O) groups excluding carboxylic acids is 1. The second-order valence-electron chi connectivity index (χ2n) is 5.82. The topological polar surface area (TPSA) is 54.9 Å². The fraction of sp³-hybridized carbons (Fsp3) is 0.471. The molecule has 0 spiro atoms. The van der Waals surface area contributed by atoms with Gasteiger partial charge in [-0.25, -0.2) is 9.97 Å². The maximum Gasteiger partial charge on any atom is 0.220 e. The van der Waals surface area contributed by atoms with Gasteiger partial charge in [0.05, 0.1) is 0 Å². The van der Waals surface area contributed by atoms with Crippen LogP contribution in [0.25, 0.3) is 0 Å². The minimum Gasteiger partial charge on any atom is -0.353 e. The molecule has 0 aliphatic heterocycles. The van der Waals surface area contributed by atoms with Gasteiger partial charge in [0.15, 0.2) is 5.16 Å². The molecule has 0 saturated heterocycles. The normalized spacial score (nSPS) is 21.0. The molecule has 1 saturated carbocycles. The summed E-state index contributed by atoms with van der Waals surface area (Å²) >= 11 is 3.44. The fourth-order valence-electron chi connectivity index (χ4n) is 2.81. The van der Waals surface area contributed by atoms with E-state index in [4.69, 9.17) is 0 Å². The van der Waals surface area contributed by atoms with Crippen molar-refractivity contribution in [2.24, 2.45) is 0 Å². The van der Waals surface area contributed by atoms with E-state index < -0.39 is 0 Å². The maximum atomic E-state index is 12.0. The summed E-state index contributed by atoms with van der Waals surface area (Å²) in [6.45, 7) is 0. The predicted octanol–water partition coefficient (Wildman–Crippen LogP) is 3.69. The molecule has 1 fully saturated rings. The predicted molar refractivity (Wildman–Crippen MR) is 94.7 cm³/mol. The van der Waals surface area contributed by atoms with Crippen LogP contribution >= 0.6 is 23.1 Å². The number of nitrogens with zero attached hydrogens (tertiary/aromatic N) is 2. The second kappa shape index (κ2) is 8.45. The largest absolute Gasteiger partial charge is 0.353 e. The van der Waals surface area contributed by atoms with Crippen LogP contribution in [0.5, 0.6) is 0 Å². The Kier molecular flexibility index (Phi) is 6.05. The monoisotopic (exact) mass is 347 g/mol. The summed E-state index contributed by atoms with van der Waals surface area (Å²) in [5, 5.41) is 8.78. The van der Waals surface area contributed by atoms with Crippen LogP contribution in [0.3, 0.4) is 0 Å². The summed E-state index contributed by atoms with van der Waals surface area (Å²) < 4.78 is 0. The van der Waals surface area contributed by atoms with Crippen LogP contribution in [0.2, 0.25) is 0 Å². The third-order valence-electron chi connectivity index (χ3n) is 4.07. The Hall–Kier alpha value is -1.40. The minimum atomic E-state index is 0.179. The van der Waals surface area contributed by atoms with Gasteiger partial charge >= 0.3 is 0 Å². The van der Waals surface area contributed by atoms with Crippen LogP contribution in [0.1, 0.15) is 37.7 Å². The lowest BCUT2D eigenvalue weighted by atomic mass is 9.95. The third-order valence-corrected chi connectivity index (χ3v) is 6.03. The Morgan fingerprint density at radius 1 is 1.26 bits per heavy atom. The molecule has 0 aromatic carbocycles. The molecule has 0 radical (unpaired) electrons. The van der Waals surface area contributed by atoms with Crippen molar-refractivity contribution in [1.29, 1.82) is 0 Å². The van der Waals surface area contributed by atoms with Gasteiger partial charge in [0.25, 0.3) is 0 Å². The Labute approximate surface area is 145 Å². The van der Waals surface area contributed by atoms with E-state index >= 15 is 0 Å². The van der Waals surface area contributed by atoms with Crippen LogP contribution in [-0.2, 0) is 11.2 Å². The molecular formula is C17H21N3OS2. The molecule has 0 atom stereocenters. The Morgan fingerprint density at radius 2 is 2.04 bits per heavy atom. The zero-order valence-electron chi connectivity index (χ0n) is 13.0. The van der Waals surface area contributed by atoms with Gasteiger partial charge in [-0.15, -0.1) is 0 Å². The Bertz CT molecular complexity index is 596. The van der Waals surface area contributed by atoms with Crippen molar-refractivity contribution in [3.05, 3.63) is 40.8 Å². The van der Waals surface area contributed by atoms with E-state index in [1.807, 2.05) is 6.07 Å². The van der Waals surface area contributed by atoms with Gasteiger partial charge in [-0.3, -0.25) is 4.79 Å². The standard InChI is InChI=1S/C17H21N3OS2/c21-16(7-2-13-8-11-22-12-13)20-14-3-5-15(6-4-14)23-17-18-9-1-10-19-17/h1,8-12,14-15H,2-7H2,(H,20,21). The van der Waals surface area contributed by atoms with Crippen molar-refractivity contribution in [3.63, 3.8) is 0 Å². The number of hydrogen-bond acceptors (Lipinski definition) is 5. The average molecular weight is 348 g/mol. The number of carbonyl (C=O) groups is 1. The van der Waals surface area contributed by atoms with Crippen molar-refractivity contribution in [3.8, 4) is 0 Å². The van der Waals surface area contributed by atoms with Crippen molar-refractivity contribution >= 4 is 29.0 Å². The molecule has 2 aromatic rings. The molecule has 6 heteroatoms. The van der Waals surface area contributed by atoms with Crippen LogP contribution in [-0.4, -0.2) is 27.2 Å². The molecule has 122 valence electrons. The van der Waals surface area contributed by atoms with Gasteiger partial charge in [0.1, 0.15) is 0 Å². The van der Waals surface area contributed by atoms with Gasteiger partial charge in [-0.1, -0.05) is 11.8 Å². The average Bonchev–Trinajstić information content (AvgIpc) is 3.09. The number of nitrogens with one attached hydrogen (secondary N) is 1. The molecule has 4 nitrogen and oxygen atoms in total. The molecule has 3 rings (SSSR count). The zero-order chi connectivity index (χ0) is 15.9. The first-order valence-electron chi connectivity index (χ1n) is 8.04. The van der Waals surface area contributed by atoms with Gasteiger partial charge < -0.3 is 5.32 Å². The molecule has 1 aliphatic rings. The van der Waals surface area contributed by atoms with Crippen molar-refractivity contribution in [2.45, 2.75) is 55.0 Å². The van der Waals surface area contributed by atoms with Crippen LogP contribution in [0.15, 0.2) is 40.4 Å². The van der Waals surface area contributed by atoms with E-state index in [0.29, 0.717) is 17.7 Å². The molecule has 1 amide bonds. The van der Waals surface area contributed by atoms with E-state index in [1.165, 1.54) is 5.56 Å². The van der Waals surface area contributed by atoms with Gasteiger partial charge in [-0.2, -0.15) is 11.3 Å². The number of aryl methyl sites for hydroxylation is 1.